The number of nitrogens with one attached hydrogen (secondary N) is 1. The van der Waals surface area contributed by atoms with Crippen LogP contribution in [-0.4, -0.2) is 26.3 Å². The molecule has 0 aromatic heterocycles. The van der Waals surface area contributed by atoms with Crippen molar-refractivity contribution >= 4 is 33.2 Å². The average molecular weight is 401 g/mol. The topological polar surface area (TPSA) is 49.4 Å². The molecule has 136 valence electrons. The van der Waals surface area contributed by atoms with Gasteiger partial charge in [-0.25, -0.2) is 8.42 Å². The maximum Gasteiger partial charge on any atom is 0.244 e. The fourth-order valence-electron chi connectivity index (χ4n) is 2.42. The lowest BCUT2D eigenvalue weighted by Crippen LogP contribution is -2.27. The number of hydrogen-bond donors (Lipinski definition) is 1. The molecule has 0 fully saturated rings. The van der Waals surface area contributed by atoms with Gasteiger partial charge in [-0.1, -0.05) is 60.5 Å². The second-order valence-electron chi connectivity index (χ2n) is 5.76. The molecular weight excluding hydrogens is 379 g/mol. The summed E-state index contributed by atoms with van der Waals surface area (Å²) < 4.78 is 27.2. The van der Waals surface area contributed by atoms with Crippen LogP contribution in [0.25, 0.3) is 0 Å². The minimum atomic E-state index is -3.72. The van der Waals surface area contributed by atoms with E-state index in [-0.39, 0.29) is 16.5 Å². The third-order valence-electron chi connectivity index (χ3n) is 3.82. The van der Waals surface area contributed by atoms with Gasteiger partial charge in [0.25, 0.3) is 0 Å². The van der Waals surface area contributed by atoms with Crippen LogP contribution in [-0.2, 0) is 23.1 Å². The highest BCUT2D eigenvalue weighted by Gasteiger charge is 2.26. The summed E-state index contributed by atoms with van der Waals surface area (Å²) in [7, 11) is -2.18. The Labute approximate surface area is 159 Å². The highest BCUT2D eigenvalue weighted by atomic mass is 35.5. The van der Waals surface area contributed by atoms with Gasteiger partial charge in [0.05, 0.1) is 5.02 Å². The summed E-state index contributed by atoms with van der Waals surface area (Å²) in [5.74, 6) is 0. The Morgan fingerprint density at radius 2 is 1.76 bits per heavy atom. The standard InChI is InChI=1S/C18H22Cl2N2O2S/c1-3-11-21-12-15-16(19)9-10-17(18(15)20)25(23,24)22(2)13-14-7-5-4-6-8-14/h4-10,21H,3,11-13H2,1-2H3. The van der Waals surface area contributed by atoms with Gasteiger partial charge in [0, 0.05) is 30.7 Å². The quantitative estimate of drug-likeness (QED) is 0.671. The summed E-state index contributed by atoms with van der Waals surface area (Å²) in [6, 6.07) is 12.5. The van der Waals surface area contributed by atoms with Crippen molar-refractivity contribution in [3.63, 3.8) is 0 Å². The van der Waals surface area contributed by atoms with Gasteiger partial charge in [-0.3, -0.25) is 0 Å². The SMILES string of the molecule is CCCNCc1c(Cl)ccc(S(=O)(=O)N(C)Cc2ccccc2)c1Cl. The molecule has 0 saturated heterocycles. The van der Waals surface area contributed by atoms with Crippen LogP contribution >= 0.6 is 23.2 Å². The van der Waals surface area contributed by atoms with Gasteiger partial charge in [0.2, 0.25) is 10.0 Å². The first kappa shape index (κ1) is 20.2. The molecule has 4 nitrogen and oxygen atoms in total. The molecule has 0 amide bonds. The van der Waals surface area contributed by atoms with Crippen LogP contribution in [0.1, 0.15) is 24.5 Å². The Kier molecular flexibility index (Phi) is 7.28. The predicted octanol–water partition coefficient (Wildman–Crippen LogP) is 4.31. The average Bonchev–Trinajstić information content (AvgIpc) is 2.58. The molecular formula is C18H22Cl2N2O2S. The Hall–Kier alpha value is -1.11. The lowest BCUT2D eigenvalue weighted by atomic mass is 10.2. The first-order valence-corrected chi connectivity index (χ1v) is 10.3. The molecule has 2 aromatic carbocycles. The molecule has 0 saturated carbocycles. The molecule has 0 heterocycles. The largest absolute Gasteiger partial charge is 0.313 e. The summed E-state index contributed by atoms with van der Waals surface area (Å²) in [5, 5.41) is 3.84. The molecule has 0 aliphatic heterocycles. The van der Waals surface area contributed by atoms with Crippen LogP contribution < -0.4 is 5.32 Å². The van der Waals surface area contributed by atoms with E-state index in [1.54, 1.807) is 13.1 Å². The maximum absolute atomic E-state index is 12.9. The molecule has 7 heteroatoms. The zero-order valence-corrected chi connectivity index (χ0v) is 16.6. The normalized spacial score (nSPS) is 11.9. The zero-order chi connectivity index (χ0) is 18.4. The monoisotopic (exact) mass is 400 g/mol. The highest BCUT2D eigenvalue weighted by molar-refractivity contribution is 7.89. The fourth-order valence-corrected chi connectivity index (χ4v) is 4.46. The summed E-state index contributed by atoms with van der Waals surface area (Å²) in [5.41, 5.74) is 1.51. The Balaban J connectivity index is 2.30. The summed E-state index contributed by atoms with van der Waals surface area (Å²) in [4.78, 5) is 0.0743. The predicted molar refractivity (Wildman–Crippen MR) is 104 cm³/mol. The third kappa shape index (κ3) is 4.96. The van der Waals surface area contributed by atoms with E-state index in [0.717, 1.165) is 18.5 Å². The van der Waals surface area contributed by atoms with E-state index in [9.17, 15) is 8.42 Å². The molecule has 0 aliphatic carbocycles. The molecule has 2 rings (SSSR count). The number of benzene rings is 2. The molecule has 0 radical (unpaired) electrons. The van der Waals surface area contributed by atoms with Crippen molar-refractivity contribution in [3.8, 4) is 0 Å². The first-order chi connectivity index (χ1) is 11.9. The van der Waals surface area contributed by atoms with E-state index in [1.807, 2.05) is 30.3 Å². The van der Waals surface area contributed by atoms with Gasteiger partial charge in [0.15, 0.2) is 0 Å². The summed E-state index contributed by atoms with van der Waals surface area (Å²) in [6.07, 6.45) is 0.965. The van der Waals surface area contributed by atoms with E-state index in [2.05, 4.69) is 12.2 Å². The van der Waals surface area contributed by atoms with E-state index < -0.39 is 10.0 Å². The van der Waals surface area contributed by atoms with Crippen molar-refractivity contribution in [1.82, 2.24) is 9.62 Å². The van der Waals surface area contributed by atoms with Crippen LogP contribution in [0.5, 0.6) is 0 Å². The smallest absolute Gasteiger partial charge is 0.244 e. The lowest BCUT2D eigenvalue weighted by molar-refractivity contribution is 0.466. The van der Waals surface area contributed by atoms with Crippen molar-refractivity contribution < 1.29 is 8.42 Å². The molecule has 0 spiro atoms. The number of hydrogen-bond acceptors (Lipinski definition) is 3. The van der Waals surface area contributed by atoms with Gasteiger partial charge >= 0.3 is 0 Å². The number of halogens is 2. The number of nitrogens with zero attached hydrogens (tertiary/aromatic N) is 1. The van der Waals surface area contributed by atoms with Gasteiger partial charge in [-0.15, -0.1) is 0 Å². The molecule has 0 unspecified atom stereocenters. The van der Waals surface area contributed by atoms with Crippen molar-refractivity contribution in [1.29, 1.82) is 0 Å². The first-order valence-electron chi connectivity index (χ1n) is 8.05. The van der Waals surface area contributed by atoms with Crippen molar-refractivity contribution in [2.45, 2.75) is 31.3 Å². The Morgan fingerprint density at radius 1 is 1.08 bits per heavy atom. The van der Waals surface area contributed by atoms with E-state index in [4.69, 9.17) is 23.2 Å². The van der Waals surface area contributed by atoms with Crippen molar-refractivity contribution in [2.24, 2.45) is 0 Å². The molecule has 0 atom stereocenters. The van der Waals surface area contributed by atoms with E-state index >= 15 is 0 Å². The molecule has 1 N–H and O–H groups in total. The summed E-state index contributed by atoms with van der Waals surface area (Å²) in [6.45, 7) is 3.55. The maximum atomic E-state index is 12.9. The highest BCUT2D eigenvalue weighted by Crippen LogP contribution is 2.32. The third-order valence-corrected chi connectivity index (χ3v) is 6.56. The number of sulfonamides is 1. The number of rotatable bonds is 8. The van der Waals surface area contributed by atoms with Crippen LogP contribution in [0.3, 0.4) is 0 Å². The molecule has 2 aromatic rings. The minimum Gasteiger partial charge on any atom is -0.313 e. The molecule has 0 aliphatic rings. The Bertz CT molecular complexity index is 811. The van der Waals surface area contributed by atoms with Crippen LogP contribution in [0.4, 0.5) is 0 Å². The van der Waals surface area contributed by atoms with Crippen molar-refractivity contribution in [3.05, 3.63) is 63.6 Å². The zero-order valence-electron chi connectivity index (χ0n) is 14.3. The van der Waals surface area contributed by atoms with Gasteiger partial charge < -0.3 is 5.32 Å². The van der Waals surface area contributed by atoms with Crippen LogP contribution in [0, 0.1) is 0 Å². The van der Waals surface area contributed by atoms with Gasteiger partial charge in [-0.05, 0) is 30.7 Å². The Morgan fingerprint density at radius 3 is 2.40 bits per heavy atom. The van der Waals surface area contributed by atoms with Crippen LogP contribution in [0.15, 0.2) is 47.4 Å². The van der Waals surface area contributed by atoms with Gasteiger partial charge in [-0.2, -0.15) is 4.31 Å². The second kappa shape index (κ2) is 9.01. The fraction of sp³-hybridized carbons (Fsp3) is 0.333. The lowest BCUT2D eigenvalue weighted by Gasteiger charge is -2.20. The van der Waals surface area contributed by atoms with E-state index in [1.165, 1.54) is 10.4 Å². The summed E-state index contributed by atoms with van der Waals surface area (Å²) >= 11 is 12.6. The molecule has 25 heavy (non-hydrogen) atoms. The minimum absolute atomic E-state index is 0.0743. The van der Waals surface area contributed by atoms with Crippen molar-refractivity contribution in [2.75, 3.05) is 13.6 Å². The van der Waals surface area contributed by atoms with Gasteiger partial charge in [0.1, 0.15) is 4.90 Å². The molecule has 0 bridgehead atoms. The van der Waals surface area contributed by atoms with Crippen LogP contribution in [0.2, 0.25) is 10.0 Å². The van der Waals surface area contributed by atoms with E-state index in [0.29, 0.717) is 17.1 Å². The second-order valence-corrected chi connectivity index (χ2v) is 8.56.